The van der Waals surface area contributed by atoms with Crippen molar-refractivity contribution in [1.82, 2.24) is 5.32 Å². The van der Waals surface area contributed by atoms with Crippen molar-refractivity contribution in [3.8, 4) is 0 Å². The van der Waals surface area contributed by atoms with Crippen molar-refractivity contribution in [1.29, 1.82) is 0 Å². The van der Waals surface area contributed by atoms with Crippen molar-refractivity contribution in [2.75, 3.05) is 39.6 Å². The maximum Gasteiger partial charge on any atom is 0.336 e. The number of aliphatic hydroxyl groups excluding tert-OH is 20. The number of fused-ring (bicyclic) bond motifs is 7. The zero-order valence-corrected chi connectivity index (χ0v) is 78.1. The first-order valence-corrected chi connectivity index (χ1v) is 46.5. The lowest BCUT2D eigenvalue weighted by atomic mass is 9.33. The highest BCUT2D eigenvalue weighted by atomic mass is 16.8. The number of ether oxygens (including phenoxy) is 16. The van der Waals surface area contributed by atoms with E-state index < -0.39 is 340 Å². The number of allylic oxidation sites excluding steroid dienone is 4. The monoisotopic (exact) mass is 1920 g/mol. The van der Waals surface area contributed by atoms with Gasteiger partial charge in [0, 0.05) is 24.3 Å². The summed E-state index contributed by atoms with van der Waals surface area (Å²) in [5.74, 6) is -5.06. The second-order valence-corrected chi connectivity index (χ2v) is 41.3. The Hall–Kier alpha value is -4.78. The molecule has 7 heterocycles. The van der Waals surface area contributed by atoms with Crippen molar-refractivity contribution in [3.63, 3.8) is 0 Å². The zero-order valence-electron chi connectivity index (χ0n) is 78.1. The van der Waals surface area contributed by atoms with E-state index in [1.54, 1.807) is 33.8 Å². The van der Waals surface area contributed by atoms with E-state index in [4.69, 9.17) is 75.8 Å². The summed E-state index contributed by atoms with van der Waals surface area (Å²) in [5.41, 5.74) is -8.32. The first-order valence-electron chi connectivity index (χ1n) is 46.5. The second kappa shape index (κ2) is 42.4. The second-order valence-electron chi connectivity index (χ2n) is 41.3. The number of esters is 3. The van der Waals surface area contributed by atoms with E-state index in [9.17, 15) is 117 Å². The Kier molecular flexibility index (Phi) is 34.2. The molecule has 42 heteroatoms. The minimum Gasteiger partial charge on any atom is -0.458 e. The molecule has 0 aromatic rings. The molecule has 12 rings (SSSR count). The third-order valence-electron chi connectivity index (χ3n) is 31.8. The fraction of sp³-hybridized carbons (Fsp3) is 0.848. The number of amides is 1. The number of carbonyl (C=O) groups excluding carboxylic acids is 4. The average Bonchev–Trinajstić information content (AvgIpc) is 0.699. The predicted molar refractivity (Wildman–Crippen MR) is 457 cm³/mol. The van der Waals surface area contributed by atoms with Crippen LogP contribution in [0.5, 0.6) is 0 Å². The van der Waals surface area contributed by atoms with Gasteiger partial charge in [0.1, 0.15) is 152 Å². The van der Waals surface area contributed by atoms with Crippen LogP contribution in [0.25, 0.3) is 0 Å². The molecule has 0 radical (unpaired) electrons. The molecule has 1 amide bonds. The standard InChI is InChI=1S/C92H145NO41/c1-16-87(11,118)26-18-20-39(3)75(115)129-71-41(5)122-82(69(113)65(71)109)134-88(12,17-2)27-19-21-43(33-94)76(116)127-55-32-92(84(117)133-81-70(114)73(131-80-68(112)63(107)59(103)47(34-95)123-80)72(49(36-97)125-81)130-79-67(111)60(104)48(35-96)124-79)45(30-85(55,7)8)44-22-23-52-89(13)28-25-54(86(9,10)51(89)24-29-90(52,14)91(44,15)31-53(92)100)128-77-56(93-42(6)98)62(106)61(105)50(126-77)38-120-83-74(64(108)57(101)40(4)121-83)132-78-66(110)58(102)46(99)37-119-78/h16-17,20-22,40-41,45-74,77-83,94-97,99-114,118H,1-2,18-19,23-38H2,3-15H3,(H,93,98)/b39-20+,43-21+/t40-,41-,45+,46-,47-,48+,49-,50-,51+,52-,53?,54+,55?,56-,57+,58+,59-,60+,61-,62-,63+,64+,65-,66-,67-,68-,69-,70-,71-,72-,73-,74-,77+,78+,79+,80+,81+,82+,83-,87+,88+,89+,90-,91-,92-/m1/s1. The van der Waals surface area contributed by atoms with Gasteiger partial charge in [0.2, 0.25) is 12.2 Å². The summed E-state index contributed by atoms with van der Waals surface area (Å²) in [4.78, 5) is 57.9. The van der Waals surface area contributed by atoms with Crippen molar-refractivity contribution >= 4 is 23.8 Å². The largest absolute Gasteiger partial charge is 0.458 e. The van der Waals surface area contributed by atoms with Gasteiger partial charge in [-0.2, -0.15) is 0 Å². The molecule has 0 aromatic heterocycles. The molecule has 0 bridgehead atoms. The van der Waals surface area contributed by atoms with Gasteiger partial charge >= 0.3 is 17.9 Å². The average molecular weight is 1920 g/mol. The summed E-state index contributed by atoms with van der Waals surface area (Å²) in [6, 6.07) is -1.36. The zero-order chi connectivity index (χ0) is 98.8. The molecule has 7 aliphatic heterocycles. The van der Waals surface area contributed by atoms with Crippen LogP contribution < -0.4 is 5.32 Å². The van der Waals surface area contributed by atoms with Crippen LogP contribution in [0, 0.1) is 50.2 Å². The molecule has 22 N–H and O–H groups in total. The van der Waals surface area contributed by atoms with E-state index >= 15 is 9.59 Å². The predicted octanol–water partition coefficient (Wildman–Crippen LogP) is -3.74. The number of aliphatic hydroxyl groups is 21. The van der Waals surface area contributed by atoms with E-state index in [0.717, 1.165) is 5.57 Å². The van der Waals surface area contributed by atoms with E-state index in [0.29, 0.717) is 32.1 Å². The fourth-order valence-electron chi connectivity index (χ4n) is 23.2. The van der Waals surface area contributed by atoms with Gasteiger partial charge in [-0.25, -0.2) is 9.59 Å². The summed E-state index contributed by atoms with van der Waals surface area (Å²) in [5, 5.41) is 238. The first-order chi connectivity index (χ1) is 62.7. The molecule has 134 heavy (non-hydrogen) atoms. The van der Waals surface area contributed by atoms with Crippen LogP contribution in [-0.4, -0.2) is 403 Å². The maximum absolute atomic E-state index is 16.6. The Morgan fingerprint density at radius 3 is 1.72 bits per heavy atom. The summed E-state index contributed by atoms with van der Waals surface area (Å²) in [6.45, 7) is 25.7. The maximum atomic E-state index is 16.6. The number of hydrogen-bond donors (Lipinski definition) is 22. The van der Waals surface area contributed by atoms with Gasteiger partial charge < -0.3 is 188 Å². The molecule has 5 aliphatic carbocycles. The summed E-state index contributed by atoms with van der Waals surface area (Å²) >= 11 is 0. The van der Waals surface area contributed by atoms with Crippen LogP contribution in [0.3, 0.4) is 0 Å². The highest BCUT2D eigenvalue weighted by Crippen LogP contribution is 2.76. The first kappa shape index (κ1) is 108. The Labute approximate surface area is 777 Å². The smallest absolute Gasteiger partial charge is 0.336 e. The molecule has 42 nitrogen and oxygen atoms in total. The van der Waals surface area contributed by atoms with Crippen molar-refractivity contribution < 1.29 is 202 Å². The number of rotatable bonds is 32. The summed E-state index contributed by atoms with van der Waals surface area (Å²) in [6.07, 6.45) is -49.1. The summed E-state index contributed by atoms with van der Waals surface area (Å²) in [7, 11) is 0. The minimum absolute atomic E-state index is 0.0112. The molecule has 11 fully saturated rings. The van der Waals surface area contributed by atoms with Gasteiger partial charge in [0.15, 0.2) is 43.8 Å². The van der Waals surface area contributed by atoms with Crippen LogP contribution in [0.1, 0.15) is 167 Å². The number of hydrogen-bond acceptors (Lipinski definition) is 41. The van der Waals surface area contributed by atoms with Gasteiger partial charge in [-0.1, -0.05) is 84.4 Å². The lowest BCUT2D eigenvalue weighted by molar-refractivity contribution is -0.372. The van der Waals surface area contributed by atoms with Crippen LogP contribution in [0.15, 0.2) is 60.3 Å². The van der Waals surface area contributed by atoms with E-state index in [-0.39, 0.29) is 61.5 Å². The van der Waals surface area contributed by atoms with Crippen LogP contribution >= 0.6 is 0 Å². The molecular weight excluding hydrogens is 1770 g/mol. The summed E-state index contributed by atoms with van der Waals surface area (Å²) < 4.78 is 97.7. The molecule has 0 spiro atoms. The quantitative estimate of drug-likeness (QED) is 0.0101. The SMILES string of the molecule is C=C[C@](C)(O)CC/C=C(\C)C(=O)O[C@H]1[C@H](O)[C@@H](O)[C@H](O[C@@](C)(C=C)CC/C=C(\CO)C(=O)OC2C[C@]3(C(=O)O[C@@H]4O[C@H](CO)[C@@H](O[C@@H]5O[C@@H](CO)[C@H](O)[C@H]5O)[C@H](O[C@@H]5O[C@H](CO)[C@@H](O)[C@H](O)[C@H]5O)[C@H]4O)C(O)C[C@]4(C)C(=CC[C@@H]5[C@@]6(C)CC[C@H](O[C@@H]7O[C@H](CO[C@@H]8O[C@H](C)[C@H](O)[C@H](O)[C@H]8O[C@@H]8OC[C@@H](O)[C@H](O)[C@H]8O)[C@@H](O)[C@H](O)[C@H]7NC(C)=O)C(C)(C)[C@@H]6CC[C@]54C)[C@@H]3CC2(C)C)O[C@@H]1C. The Bertz CT molecular complexity index is 4130. The molecule has 2 unspecified atom stereocenters. The Morgan fingerprint density at radius 2 is 1.10 bits per heavy atom. The third-order valence-corrected chi connectivity index (χ3v) is 31.8. The molecular formula is C92H145NO41. The third kappa shape index (κ3) is 20.9. The molecule has 0 aromatic carbocycles. The van der Waals surface area contributed by atoms with Gasteiger partial charge in [-0.15, -0.1) is 13.2 Å². The van der Waals surface area contributed by atoms with Gasteiger partial charge in [0.05, 0.1) is 80.8 Å². The van der Waals surface area contributed by atoms with Crippen molar-refractivity contribution in [2.45, 2.75) is 399 Å². The van der Waals surface area contributed by atoms with E-state index in [2.05, 4.69) is 59.2 Å². The van der Waals surface area contributed by atoms with Gasteiger partial charge in [-0.05, 0) is 145 Å². The number of carbonyl (C=O) groups is 4. The molecule has 7 saturated heterocycles. The Morgan fingerprint density at radius 1 is 0.522 bits per heavy atom. The van der Waals surface area contributed by atoms with Crippen LogP contribution in [0.2, 0.25) is 0 Å². The van der Waals surface area contributed by atoms with Crippen molar-refractivity contribution in [3.05, 3.63) is 60.3 Å². The van der Waals surface area contributed by atoms with Crippen LogP contribution in [0.4, 0.5) is 0 Å². The van der Waals surface area contributed by atoms with Crippen molar-refractivity contribution in [2.24, 2.45) is 50.2 Å². The lowest BCUT2D eigenvalue weighted by Crippen LogP contribution is -2.70. The molecule has 4 saturated carbocycles. The molecule has 764 valence electrons. The van der Waals surface area contributed by atoms with Crippen LogP contribution in [-0.2, 0) is 95.0 Å². The van der Waals surface area contributed by atoms with E-state index in [1.165, 1.54) is 45.9 Å². The molecule has 12 aliphatic rings. The molecule has 45 atom stereocenters. The van der Waals surface area contributed by atoms with Gasteiger partial charge in [0.25, 0.3) is 0 Å². The lowest BCUT2D eigenvalue weighted by Gasteiger charge is -2.72. The Balaban J connectivity index is 0.819. The van der Waals surface area contributed by atoms with Gasteiger partial charge in [-0.3, -0.25) is 9.59 Å². The minimum atomic E-state index is -2.34. The fourth-order valence-corrected chi connectivity index (χ4v) is 23.2. The topological polar surface area (TPSA) is 653 Å². The highest BCUT2D eigenvalue weighted by Gasteiger charge is 2.74. The number of nitrogens with one attached hydrogen (secondary N) is 1. The highest BCUT2D eigenvalue weighted by molar-refractivity contribution is 5.89. The normalized spacial score (nSPS) is 47.1. The van der Waals surface area contributed by atoms with E-state index in [1.807, 2.05) is 0 Å².